The lowest BCUT2D eigenvalue weighted by Gasteiger charge is -2.08. The van der Waals surface area contributed by atoms with Crippen LogP contribution in [-0.4, -0.2) is 5.91 Å². The zero-order chi connectivity index (χ0) is 14.7. The van der Waals surface area contributed by atoms with Gasteiger partial charge in [-0.05, 0) is 60.9 Å². The summed E-state index contributed by atoms with van der Waals surface area (Å²) in [6, 6.07) is 10.3. The Balaban J connectivity index is 2.09. The molecule has 0 saturated carbocycles. The number of carbonyl (C=O) groups excluding carboxylic acids is 1. The largest absolute Gasteiger partial charge is 0.326 e. The van der Waals surface area contributed by atoms with Crippen molar-refractivity contribution in [1.29, 1.82) is 0 Å². The van der Waals surface area contributed by atoms with Crippen molar-refractivity contribution in [3.63, 3.8) is 0 Å². The van der Waals surface area contributed by atoms with Gasteiger partial charge in [0.15, 0.2) is 0 Å². The van der Waals surface area contributed by atoms with E-state index in [-0.39, 0.29) is 18.1 Å². The van der Waals surface area contributed by atoms with Crippen LogP contribution in [0.25, 0.3) is 0 Å². The van der Waals surface area contributed by atoms with Crippen LogP contribution < -0.4 is 5.32 Å². The first-order valence-electron chi connectivity index (χ1n) is 6.27. The molecule has 2 nitrogen and oxygen atoms in total. The molecule has 0 atom stereocenters. The first-order chi connectivity index (χ1) is 9.45. The quantitative estimate of drug-likeness (QED) is 0.885. The Kier molecular flexibility index (Phi) is 4.55. The Morgan fingerprint density at radius 3 is 2.60 bits per heavy atom. The van der Waals surface area contributed by atoms with Gasteiger partial charge in [0.25, 0.3) is 0 Å². The number of nitrogens with one attached hydrogen (secondary N) is 1. The van der Waals surface area contributed by atoms with Crippen molar-refractivity contribution < 1.29 is 9.18 Å². The first-order valence-corrected chi connectivity index (χ1v) is 7.06. The standard InChI is InChI=1S/C16H15BrFNO/c1-10-3-5-14(7-11(10)2)19-16(20)9-12-8-13(17)4-6-15(12)18/h3-8H,9H2,1-2H3,(H,19,20). The van der Waals surface area contributed by atoms with Crippen LogP contribution in [0.4, 0.5) is 10.1 Å². The smallest absolute Gasteiger partial charge is 0.228 e. The summed E-state index contributed by atoms with van der Waals surface area (Å²) >= 11 is 3.27. The maximum absolute atomic E-state index is 13.6. The summed E-state index contributed by atoms with van der Waals surface area (Å²) in [5, 5.41) is 2.78. The molecule has 0 aliphatic rings. The third-order valence-corrected chi connectivity index (χ3v) is 3.64. The molecule has 0 bridgehead atoms. The number of benzene rings is 2. The van der Waals surface area contributed by atoms with Crippen LogP contribution in [0.15, 0.2) is 40.9 Å². The average molecular weight is 336 g/mol. The topological polar surface area (TPSA) is 29.1 Å². The van der Waals surface area contributed by atoms with Crippen molar-refractivity contribution >= 4 is 27.5 Å². The predicted octanol–water partition coefficient (Wildman–Crippen LogP) is 4.39. The van der Waals surface area contributed by atoms with Gasteiger partial charge in [0.2, 0.25) is 5.91 Å². The molecule has 0 saturated heterocycles. The van der Waals surface area contributed by atoms with E-state index in [9.17, 15) is 9.18 Å². The van der Waals surface area contributed by atoms with Gasteiger partial charge >= 0.3 is 0 Å². The molecule has 0 fully saturated rings. The fraction of sp³-hybridized carbons (Fsp3) is 0.188. The number of hydrogen-bond acceptors (Lipinski definition) is 1. The van der Waals surface area contributed by atoms with Gasteiger partial charge in [-0.3, -0.25) is 4.79 Å². The second-order valence-electron chi connectivity index (χ2n) is 4.76. The van der Waals surface area contributed by atoms with Crippen LogP contribution >= 0.6 is 15.9 Å². The maximum Gasteiger partial charge on any atom is 0.228 e. The van der Waals surface area contributed by atoms with Crippen LogP contribution in [0.5, 0.6) is 0 Å². The zero-order valence-electron chi connectivity index (χ0n) is 11.3. The fourth-order valence-corrected chi connectivity index (χ4v) is 2.28. The lowest BCUT2D eigenvalue weighted by molar-refractivity contribution is -0.115. The van der Waals surface area contributed by atoms with Crippen molar-refractivity contribution in [2.75, 3.05) is 5.32 Å². The van der Waals surface area contributed by atoms with E-state index in [2.05, 4.69) is 21.2 Å². The van der Waals surface area contributed by atoms with E-state index in [4.69, 9.17) is 0 Å². The Hall–Kier alpha value is -1.68. The molecular formula is C16H15BrFNO. The fourth-order valence-electron chi connectivity index (χ4n) is 1.88. The van der Waals surface area contributed by atoms with E-state index in [1.807, 2.05) is 32.0 Å². The Morgan fingerprint density at radius 2 is 1.90 bits per heavy atom. The number of halogens is 2. The molecule has 0 spiro atoms. The van der Waals surface area contributed by atoms with Crippen molar-refractivity contribution in [2.45, 2.75) is 20.3 Å². The number of aryl methyl sites for hydroxylation is 2. The van der Waals surface area contributed by atoms with E-state index >= 15 is 0 Å². The molecule has 2 aromatic rings. The highest BCUT2D eigenvalue weighted by atomic mass is 79.9. The van der Waals surface area contributed by atoms with E-state index in [0.717, 1.165) is 15.7 Å². The van der Waals surface area contributed by atoms with Gasteiger partial charge in [-0.2, -0.15) is 0 Å². The van der Waals surface area contributed by atoms with Gasteiger partial charge in [0.05, 0.1) is 6.42 Å². The molecule has 0 aliphatic carbocycles. The molecule has 0 aromatic heterocycles. The van der Waals surface area contributed by atoms with Gasteiger partial charge in [0, 0.05) is 10.2 Å². The van der Waals surface area contributed by atoms with E-state index in [0.29, 0.717) is 5.56 Å². The predicted molar refractivity (Wildman–Crippen MR) is 82.3 cm³/mol. The lowest BCUT2D eigenvalue weighted by atomic mass is 10.1. The Morgan fingerprint density at radius 1 is 1.15 bits per heavy atom. The first kappa shape index (κ1) is 14.7. The van der Waals surface area contributed by atoms with E-state index in [1.165, 1.54) is 11.6 Å². The second kappa shape index (κ2) is 6.18. The molecule has 2 rings (SSSR count). The molecular weight excluding hydrogens is 321 g/mol. The molecule has 0 aliphatic heterocycles. The molecule has 0 radical (unpaired) electrons. The minimum atomic E-state index is -0.372. The molecule has 4 heteroatoms. The van der Waals surface area contributed by atoms with Gasteiger partial charge in [-0.15, -0.1) is 0 Å². The number of amides is 1. The zero-order valence-corrected chi connectivity index (χ0v) is 12.9. The number of anilines is 1. The summed E-state index contributed by atoms with van der Waals surface area (Å²) in [4.78, 5) is 11.9. The maximum atomic E-state index is 13.6. The molecule has 0 unspecified atom stereocenters. The molecule has 1 N–H and O–H groups in total. The van der Waals surface area contributed by atoms with Crippen LogP contribution in [0.3, 0.4) is 0 Å². The highest BCUT2D eigenvalue weighted by Gasteiger charge is 2.09. The van der Waals surface area contributed by atoms with Crippen molar-refractivity contribution in [1.82, 2.24) is 0 Å². The average Bonchev–Trinajstić information content (AvgIpc) is 2.38. The van der Waals surface area contributed by atoms with Gasteiger partial charge < -0.3 is 5.32 Å². The monoisotopic (exact) mass is 335 g/mol. The molecule has 0 heterocycles. The van der Waals surface area contributed by atoms with Gasteiger partial charge in [0.1, 0.15) is 5.82 Å². The summed E-state index contributed by atoms with van der Waals surface area (Å²) in [5.41, 5.74) is 3.38. The third kappa shape index (κ3) is 3.67. The van der Waals surface area contributed by atoms with E-state index in [1.54, 1.807) is 12.1 Å². The molecule has 104 valence electrons. The minimum absolute atomic E-state index is 0.0121. The third-order valence-electron chi connectivity index (χ3n) is 3.15. The summed E-state index contributed by atoms with van der Waals surface area (Å²) in [6.07, 6.45) is 0.0121. The van der Waals surface area contributed by atoms with Crippen molar-refractivity contribution in [2.24, 2.45) is 0 Å². The van der Waals surface area contributed by atoms with Crippen LogP contribution in [0, 0.1) is 19.7 Å². The Bertz CT molecular complexity index is 655. The number of carbonyl (C=O) groups is 1. The molecule has 1 amide bonds. The molecule has 20 heavy (non-hydrogen) atoms. The van der Waals surface area contributed by atoms with Crippen LogP contribution in [-0.2, 0) is 11.2 Å². The number of hydrogen-bond donors (Lipinski definition) is 1. The second-order valence-corrected chi connectivity index (χ2v) is 5.68. The highest BCUT2D eigenvalue weighted by Crippen LogP contribution is 2.18. The number of rotatable bonds is 3. The Labute approximate surface area is 126 Å². The summed E-state index contributed by atoms with van der Waals surface area (Å²) in [7, 11) is 0. The van der Waals surface area contributed by atoms with E-state index < -0.39 is 0 Å². The summed E-state index contributed by atoms with van der Waals surface area (Å²) in [6.45, 7) is 4.00. The summed E-state index contributed by atoms with van der Waals surface area (Å²) < 4.78 is 14.3. The van der Waals surface area contributed by atoms with Crippen LogP contribution in [0.2, 0.25) is 0 Å². The summed E-state index contributed by atoms with van der Waals surface area (Å²) in [5.74, 6) is -0.603. The SMILES string of the molecule is Cc1ccc(NC(=O)Cc2cc(Br)ccc2F)cc1C. The van der Waals surface area contributed by atoms with Gasteiger partial charge in [-0.25, -0.2) is 4.39 Å². The highest BCUT2D eigenvalue weighted by molar-refractivity contribution is 9.10. The van der Waals surface area contributed by atoms with Crippen molar-refractivity contribution in [3.8, 4) is 0 Å². The van der Waals surface area contributed by atoms with Gasteiger partial charge in [-0.1, -0.05) is 22.0 Å². The normalized spacial score (nSPS) is 10.4. The van der Waals surface area contributed by atoms with Crippen LogP contribution in [0.1, 0.15) is 16.7 Å². The molecule has 2 aromatic carbocycles. The minimum Gasteiger partial charge on any atom is -0.326 e. The van der Waals surface area contributed by atoms with Crippen molar-refractivity contribution in [3.05, 3.63) is 63.4 Å². The lowest BCUT2D eigenvalue weighted by Crippen LogP contribution is -2.15.